The van der Waals surface area contributed by atoms with Crippen LogP contribution in [-0.4, -0.2) is 27.7 Å². The molecule has 0 amide bonds. The maximum Gasteiger partial charge on any atom is 0.133 e. The van der Waals surface area contributed by atoms with E-state index >= 15 is 0 Å². The van der Waals surface area contributed by atoms with E-state index in [9.17, 15) is 0 Å². The molecule has 0 spiro atoms. The van der Waals surface area contributed by atoms with Gasteiger partial charge < -0.3 is 9.84 Å². The summed E-state index contributed by atoms with van der Waals surface area (Å²) in [5.74, 6) is 1.03. The van der Waals surface area contributed by atoms with Crippen LogP contribution in [0.1, 0.15) is 0 Å². The Kier molecular flexibility index (Phi) is 16.7. The first-order chi connectivity index (χ1) is 11.8. The summed E-state index contributed by atoms with van der Waals surface area (Å²) >= 11 is 27.5. The molecule has 0 aromatic heterocycles. The summed E-state index contributed by atoms with van der Waals surface area (Å²) in [6, 6.07) is 10.3. The third kappa shape index (κ3) is 12.9. The van der Waals surface area contributed by atoms with Gasteiger partial charge in [0, 0.05) is 26.0 Å². The topological polar surface area (TPSA) is 29.5 Å². The molecule has 1 N–H and O–H groups in total. The summed E-state index contributed by atoms with van der Waals surface area (Å²) in [6.45, 7) is 0.653. The van der Waals surface area contributed by atoms with E-state index in [2.05, 4.69) is 79.6 Å². The molecule has 2 aromatic rings. The molecule has 0 saturated heterocycles. The average Bonchev–Trinajstić information content (AvgIpc) is 2.58. The predicted octanol–water partition coefficient (Wildman–Crippen LogP) is 8.46. The molecule has 0 fully saturated rings. The molecule has 2 rings (SSSR count). The third-order valence-corrected chi connectivity index (χ3v) is 6.12. The van der Waals surface area contributed by atoms with Gasteiger partial charge in [-0.3, -0.25) is 0 Å². The lowest BCUT2D eigenvalue weighted by molar-refractivity contribution is 0.343. The quantitative estimate of drug-likeness (QED) is 0.323. The Morgan fingerprint density at radius 2 is 1.32 bits per heavy atom. The van der Waals surface area contributed by atoms with Crippen LogP contribution in [0, 0.1) is 0 Å². The van der Waals surface area contributed by atoms with E-state index in [1.54, 1.807) is 18.2 Å². The zero-order valence-electron chi connectivity index (χ0n) is 12.8. The van der Waals surface area contributed by atoms with Crippen LogP contribution in [0.5, 0.6) is 11.5 Å². The number of rotatable bonds is 4. The smallest absolute Gasteiger partial charge is 0.133 e. The lowest BCUT2D eigenvalue weighted by Gasteiger charge is -2.05. The summed E-state index contributed by atoms with van der Waals surface area (Å²) < 4.78 is 6.89. The highest BCUT2D eigenvalue weighted by molar-refractivity contribution is 9.12. The lowest BCUT2D eigenvalue weighted by atomic mass is 10.3. The highest BCUT2D eigenvalue weighted by atomic mass is 79.9. The Hall–Kier alpha value is 1.02. The fourth-order valence-electron chi connectivity index (χ4n) is 1.22. The lowest BCUT2D eigenvalue weighted by Crippen LogP contribution is -1.97. The van der Waals surface area contributed by atoms with Crippen molar-refractivity contribution < 1.29 is 9.84 Å². The minimum absolute atomic E-state index is 0.208. The predicted molar refractivity (Wildman–Crippen MR) is 127 cm³/mol. The van der Waals surface area contributed by atoms with Crippen LogP contribution >= 0.6 is 103 Å². The Labute approximate surface area is 200 Å². The van der Waals surface area contributed by atoms with E-state index < -0.39 is 0 Å². The van der Waals surface area contributed by atoms with E-state index in [1.807, 2.05) is 12.1 Å². The number of halogens is 7. The Morgan fingerprint density at radius 1 is 0.800 bits per heavy atom. The van der Waals surface area contributed by atoms with Gasteiger partial charge in [-0.15, -0.1) is 0 Å². The van der Waals surface area contributed by atoms with Crippen LogP contribution in [0.25, 0.3) is 0 Å². The van der Waals surface area contributed by atoms with E-state index in [-0.39, 0.29) is 5.75 Å². The van der Waals surface area contributed by atoms with Crippen LogP contribution in [0.3, 0.4) is 0 Å². The molecule has 0 aliphatic carbocycles. The standard InChI is InChI=1S/C8H7Br2ClO.C6H4BrClO.C2H4Br2/c9-3-4-12-8-2-1-6(11)5-7(8)10;7-5-3-4(8)1-2-6(5)9;3-1-2-4/h1-2,5H,3-4H2;1-3,9H;1-2H2. The van der Waals surface area contributed by atoms with E-state index in [0.717, 1.165) is 26.2 Å². The Balaban J connectivity index is 0.000000391. The van der Waals surface area contributed by atoms with Crippen LogP contribution in [0.4, 0.5) is 0 Å². The monoisotopic (exact) mass is 704 g/mol. The first-order valence-corrected chi connectivity index (χ1v) is 12.5. The number of phenols is 1. The van der Waals surface area contributed by atoms with Crippen LogP contribution in [-0.2, 0) is 0 Å². The van der Waals surface area contributed by atoms with Gasteiger partial charge in [0.1, 0.15) is 11.5 Å². The number of aromatic hydroxyl groups is 1. The first kappa shape index (κ1) is 26.0. The molecule has 0 bridgehead atoms. The minimum Gasteiger partial charge on any atom is -0.507 e. The van der Waals surface area contributed by atoms with Gasteiger partial charge in [0.05, 0.1) is 15.6 Å². The summed E-state index contributed by atoms with van der Waals surface area (Å²) in [5, 5.41) is 13.2. The average molecular weight is 710 g/mol. The number of alkyl halides is 3. The Bertz CT molecular complexity index is 627. The molecule has 0 aliphatic heterocycles. The Morgan fingerprint density at radius 3 is 1.72 bits per heavy atom. The number of hydrogen-bond acceptors (Lipinski definition) is 2. The molecule has 2 nitrogen and oxygen atoms in total. The van der Waals surface area contributed by atoms with Crippen molar-refractivity contribution in [3.63, 3.8) is 0 Å². The van der Waals surface area contributed by atoms with Gasteiger partial charge in [0.15, 0.2) is 0 Å². The second kappa shape index (κ2) is 16.0. The number of ether oxygens (including phenoxy) is 1. The zero-order valence-corrected chi connectivity index (χ0v) is 22.2. The molecule has 0 heterocycles. The van der Waals surface area contributed by atoms with Crippen LogP contribution in [0.15, 0.2) is 45.3 Å². The minimum atomic E-state index is 0.208. The number of phenolic OH excluding ortho intramolecular Hbond substituents is 1. The molecule has 0 radical (unpaired) electrons. The van der Waals surface area contributed by atoms with Crippen LogP contribution < -0.4 is 4.74 Å². The second-order valence-electron chi connectivity index (χ2n) is 4.09. The highest BCUT2D eigenvalue weighted by Gasteiger charge is 2.00. The molecular weight excluding hydrogens is 695 g/mol. The number of hydrogen-bond donors (Lipinski definition) is 1. The van der Waals surface area contributed by atoms with E-state index in [1.165, 1.54) is 6.07 Å². The van der Waals surface area contributed by atoms with Crippen molar-refractivity contribution in [2.24, 2.45) is 0 Å². The molecule has 9 heteroatoms. The SMILES string of the molecule is BrCCBr.Clc1ccc(OCCBr)c(Br)c1.Oc1ccc(Cl)cc1Br. The molecule has 0 atom stereocenters. The molecule has 2 aromatic carbocycles. The fourth-order valence-corrected chi connectivity index (χ4v) is 2.86. The van der Waals surface area contributed by atoms with Crippen molar-refractivity contribution in [1.29, 1.82) is 0 Å². The molecule has 0 unspecified atom stereocenters. The van der Waals surface area contributed by atoms with Gasteiger partial charge in [-0.05, 0) is 68.3 Å². The van der Waals surface area contributed by atoms with Crippen molar-refractivity contribution in [3.8, 4) is 11.5 Å². The fraction of sp³-hybridized carbons (Fsp3) is 0.250. The van der Waals surface area contributed by atoms with Crippen LogP contribution in [0.2, 0.25) is 10.0 Å². The third-order valence-electron chi connectivity index (χ3n) is 2.21. The van der Waals surface area contributed by atoms with Gasteiger partial charge in [0.25, 0.3) is 0 Å². The van der Waals surface area contributed by atoms with Crippen molar-refractivity contribution in [3.05, 3.63) is 55.4 Å². The van der Waals surface area contributed by atoms with Crippen molar-refractivity contribution >= 4 is 103 Å². The van der Waals surface area contributed by atoms with Gasteiger partial charge in [-0.1, -0.05) is 71.0 Å². The van der Waals surface area contributed by atoms with Gasteiger partial charge in [-0.2, -0.15) is 0 Å². The highest BCUT2D eigenvalue weighted by Crippen LogP contribution is 2.28. The van der Waals surface area contributed by atoms with Crippen molar-refractivity contribution in [2.45, 2.75) is 0 Å². The van der Waals surface area contributed by atoms with Crippen molar-refractivity contribution in [1.82, 2.24) is 0 Å². The molecule has 0 aliphatic rings. The summed E-state index contributed by atoms with van der Waals surface area (Å²) in [4.78, 5) is 0. The zero-order chi connectivity index (χ0) is 19.2. The number of benzene rings is 2. The summed E-state index contributed by atoms with van der Waals surface area (Å²) in [5.41, 5.74) is 0. The van der Waals surface area contributed by atoms with Crippen molar-refractivity contribution in [2.75, 3.05) is 22.6 Å². The largest absolute Gasteiger partial charge is 0.507 e. The molecule has 0 saturated carbocycles. The van der Waals surface area contributed by atoms with E-state index in [0.29, 0.717) is 21.1 Å². The molecule has 140 valence electrons. The van der Waals surface area contributed by atoms with Gasteiger partial charge in [0.2, 0.25) is 0 Å². The maximum absolute atomic E-state index is 8.94. The molecule has 25 heavy (non-hydrogen) atoms. The second-order valence-corrected chi connectivity index (χ2v) is 9.05. The van der Waals surface area contributed by atoms with Gasteiger partial charge >= 0.3 is 0 Å². The molecular formula is C16H15Br5Cl2O2. The summed E-state index contributed by atoms with van der Waals surface area (Å²) in [6.07, 6.45) is 0. The summed E-state index contributed by atoms with van der Waals surface area (Å²) in [7, 11) is 0. The first-order valence-electron chi connectivity index (χ1n) is 6.75. The van der Waals surface area contributed by atoms with E-state index in [4.69, 9.17) is 33.0 Å². The normalized spacial score (nSPS) is 9.40. The maximum atomic E-state index is 8.94. The van der Waals surface area contributed by atoms with Gasteiger partial charge in [-0.25, -0.2) is 0 Å².